The SMILES string of the molecule is CC1(C)O[C@@](C)(O)c2ccccc21.CC1(C)O[C@](C)(O)c2ccccc21.CC1(C)O[C@](C)(O)c2ccccc21.CCCC[N+](CCCC)(CCCC)CCCC.O.[F-]. The van der Waals surface area contributed by atoms with E-state index in [0.717, 1.165) is 33.4 Å². The molecule has 0 aliphatic carbocycles. The Hall–Kier alpha value is -2.73. The molecule has 3 aromatic carbocycles. The number of nitrogens with zero attached hydrogens (tertiary/aromatic N) is 1. The van der Waals surface area contributed by atoms with Crippen molar-refractivity contribution in [3.63, 3.8) is 0 Å². The summed E-state index contributed by atoms with van der Waals surface area (Å²) in [6.45, 7) is 31.9. The summed E-state index contributed by atoms with van der Waals surface area (Å²) in [5.41, 5.74) is 4.67. The molecule has 0 saturated carbocycles. The molecular formula is C49H80FNO7. The molecule has 8 nitrogen and oxygen atoms in total. The van der Waals surface area contributed by atoms with Crippen molar-refractivity contribution in [3.05, 3.63) is 106 Å². The summed E-state index contributed by atoms with van der Waals surface area (Å²) >= 11 is 0. The van der Waals surface area contributed by atoms with Crippen LogP contribution >= 0.6 is 0 Å². The smallest absolute Gasteiger partial charge is 0.190 e. The second kappa shape index (κ2) is 21.7. The molecule has 0 saturated heterocycles. The van der Waals surface area contributed by atoms with Gasteiger partial charge in [-0.25, -0.2) is 0 Å². The van der Waals surface area contributed by atoms with Crippen LogP contribution in [0.3, 0.4) is 0 Å². The van der Waals surface area contributed by atoms with Gasteiger partial charge in [0.2, 0.25) is 0 Å². The largest absolute Gasteiger partial charge is 1.00 e. The number of fused-ring (bicyclic) bond motifs is 3. The van der Waals surface area contributed by atoms with Crippen LogP contribution in [0.4, 0.5) is 0 Å². The highest BCUT2D eigenvalue weighted by atomic mass is 19.0. The van der Waals surface area contributed by atoms with Crippen LogP contribution in [0.25, 0.3) is 0 Å². The first-order valence-corrected chi connectivity index (χ1v) is 21.5. The quantitative estimate of drug-likeness (QED) is 0.163. The minimum Gasteiger partial charge on any atom is -1.00 e. The minimum absolute atomic E-state index is 0. The van der Waals surface area contributed by atoms with E-state index in [4.69, 9.17) is 14.2 Å². The molecule has 3 heterocycles. The van der Waals surface area contributed by atoms with Gasteiger partial charge in [-0.2, -0.15) is 0 Å². The second-order valence-electron chi connectivity index (χ2n) is 18.1. The summed E-state index contributed by atoms with van der Waals surface area (Å²) in [6.07, 6.45) is 11.1. The van der Waals surface area contributed by atoms with Crippen molar-refractivity contribution in [1.29, 1.82) is 0 Å². The molecule has 6 rings (SSSR count). The van der Waals surface area contributed by atoms with Crippen LogP contribution in [0.5, 0.6) is 0 Å². The van der Waals surface area contributed by atoms with E-state index in [9.17, 15) is 15.3 Å². The average Bonchev–Trinajstić information content (AvgIpc) is 3.55. The average molecular weight is 814 g/mol. The Kier molecular flexibility index (Phi) is 19.9. The zero-order chi connectivity index (χ0) is 42.1. The van der Waals surface area contributed by atoms with Crippen LogP contribution in [0, 0.1) is 0 Å². The van der Waals surface area contributed by atoms with Crippen LogP contribution in [0.2, 0.25) is 0 Å². The van der Waals surface area contributed by atoms with Crippen LogP contribution in [0.1, 0.15) is 175 Å². The fourth-order valence-electron chi connectivity index (χ4n) is 8.70. The fourth-order valence-corrected chi connectivity index (χ4v) is 8.70. The molecule has 0 radical (unpaired) electrons. The molecule has 330 valence electrons. The predicted molar refractivity (Wildman–Crippen MR) is 233 cm³/mol. The number of ether oxygens (including phenoxy) is 3. The van der Waals surface area contributed by atoms with Gasteiger partial charge in [-0.05, 0) is 105 Å². The molecular weight excluding hydrogens is 734 g/mol. The lowest BCUT2D eigenvalue weighted by molar-refractivity contribution is -0.929. The zero-order valence-electron chi connectivity index (χ0n) is 38.3. The second-order valence-corrected chi connectivity index (χ2v) is 18.1. The minimum atomic E-state index is -1.14. The highest BCUT2D eigenvalue weighted by molar-refractivity contribution is 5.40. The Morgan fingerprint density at radius 2 is 0.586 bits per heavy atom. The lowest BCUT2D eigenvalue weighted by Crippen LogP contribution is -3.00. The van der Waals surface area contributed by atoms with Gasteiger partial charge >= 0.3 is 0 Å². The molecule has 0 amide bonds. The van der Waals surface area contributed by atoms with Crippen molar-refractivity contribution in [2.45, 2.75) is 176 Å². The van der Waals surface area contributed by atoms with Gasteiger partial charge in [-0.1, -0.05) is 126 Å². The van der Waals surface area contributed by atoms with Crippen molar-refractivity contribution in [2.24, 2.45) is 0 Å². The molecule has 3 aliphatic rings. The van der Waals surface area contributed by atoms with Crippen LogP contribution < -0.4 is 4.70 Å². The predicted octanol–water partition coefficient (Wildman–Crippen LogP) is 7.53. The Bertz CT molecular complexity index is 1360. The standard InChI is InChI=1S/C16H36N.3C11H14O2.FH.H2O/c1-5-9-13-17(14-10-6-2,15-11-7-3)16-12-8-4;3*1-10(2)8-6-4-5-7-9(8)11(3,12)13-10;;/h5-16H2,1-4H3;3*4-7,12H,1-3H3;1H;1H2/q+1;;;;;/p-1/t;3*11-;;/m.100../s1. The van der Waals surface area contributed by atoms with Gasteiger partial charge in [-0.15, -0.1) is 0 Å². The van der Waals surface area contributed by atoms with E-state index in [-0.39, 0.29) is 27.0 Å². The molecule has 3 aliphatic heterocycles. The summed E-state index contributed by atoms with van der Waals surface area (Å²) in [5.74, 6) is -3.42. The normalized spacial score (nSPS) is 23.8. The Morgan fingerprint density at radius 1 is 0.397 bits per heavy atom. The van der Waals surface area contributed by atoms with Crippen molar-refractivity contribution < 1.29 is 44.2 Å². The summed E-state index contributed by atoms with van der Waals surface area (Å²) in [5, 5.41) is 29.9. The van der Waals surface area contributed by atoms with E-state index in [1.54, 1.807) is 20.8 Å². The van der Waals surface area contributed by atoms with E-state index < -0.39 is 17.4 Å². The Balaban J connectivity index is 0.000000384. The Morgan fingerprint density at radius 3 is 0.759 bits per heavy atom. The van der Waals surface area contributed by atoms with Crippen LogP contribution in [0.15, 0.2) is 72.8 Å². The van der Waals surface area contributed by atoms with Crippen molar-refractivity contribution in [2.75, 3.05) is 26.2 Å². The molecule has 58 heavy (non-hydrogen) atoms. The fraction of sp³-hybridized carbons (Fsp3) is 0.633. The molecule has 0 spiro atoms. The summed E-state index contributed by atoms with van der Waals surface area (Å²) < 4.78 is 18.1. The van der Waals surface area contributed by atoms with E-state index in [0.29, 0.717) is 0 Å². The zero-order valence-corrected chi connectivity index (χ0v) is 38.3. The maximum Gasteiger partial charge on any atom is 0.190 e. The van der Waals surface area contributed by atoms with Gasteiger partial charge < -0.3 is 44.2 Å². The maximum absolute atomic E-state index is 9.96. The monoisotopic (exact) mass is 814 g/mol. The van der Waals surface area contributed by atoms with Crippen LogP contribution in [-0.2, 0) is 48.4 Å². The molecule has 3 atom stereocenters. The first-order valence-electron chi connectivity index (χ1n) is 21.5. The van der Waals surface area contributed by atoms with E-state index in [1.807, 2.05) is 114 Å². The number of hydrogen-bond acceptors (Lipinski definition) is 6. The van der Waals surface area contributed by atoms with Crippen molar-refractivity contribution in [3.8, 4) is 0 Å². The van der Waals surface area contributed by atoms with E-state index in [2.05, 4.69) is 27.7 Å². The molecule has 0 unspecified atom stereocenters. The van der Waals surface area contributed by atoms with Gasteiger partial charge in [0.05, 0.1) is 43.0 Å². The number of aliphatic hydroxyl groups is 3. The number of hydrogen-bond donors (Lipinski definition) is 3. The molecule has 9 heteroatoms. The number of rotatable bonds is 12. The lowest BCUT2D eigenvalue weighted by atomic mass is 9.94. The molecule has 0 aromatic heterocycles. The van der Waals surface area contributed by atoms with E-state index >= 15 is 0 Å². The highest BCUT2D eigenvalue weighted by Gasteiger charge is 2.46. The van der Waals surface area contributed by atoms with Gasteiger partial charge in [0.25, 0.3) is 0 Å². The van der Waals surface area contributed by atoms with Crippen LogP contribution in [-0.4, -0.2) is 51.5 Å². The van der Waals surface area contributed by atoms with Gasteiger partial charge in [0.15, 0.2) is 17.4 Å². The molecule has 0 bridgehead atoms. The topological polar surface area (TPSA) is 120 Å². The Labute approximate surface area is 351 Å². The van der Waals surface area contributed by atoms with Crippen molar-refractivity contribution in [1.82, 2.24) is 0 Å². The van der Waals surface area contributed by atoms with Crippen molar-refractivity contribution >= 4 is 0 Å². The first kappa shape index (κ1) is 53.3. The highest BCUT2D eigenvalue weighted by Crippen LogP contribution is 2.47. The third kappa shape index (κ3) is 13.4. The maximum atomic E-state index is 9.96. The third-order valence-electron chi connectivity index (χ3n) is 11.5. The first-order chi connectivity index (χ1) is 26.0. The summed E-state index contributed by atoms with van der Waals surface area (Å²) in [7, 11) is 0. The van der Waals surface area contributed by atoms with Gasteiger partial charge in [0.1, 0.15) is 0 Å². The van der Waals surface area contributed by atoms with Gasteiger partial charge in [0, 0.05) is 16.7 Å². The molecule has 5 N–H and O–H groups in total. The van der Waals surface area contributed by atoms with Gasteiger partial charge in [-0.3, -0.25) is 0 Å². The molecule has 3 aromatic rings. The number of unbranched alkanes of at least 4 members (excludes halogenated alkanes) is 4. The summed E-state index contributed by atoms with van der Waals surface area (Å²) in [4.78, 5) is 0. The lowest BCUT2D eigenvalue weighted by Gasteiger charge is -2.39. The summed E-state index contributed by atoms with van der Waals surface area (Å²) in [6, 6.07) is 23.3. The number of halogens is 1. The number of benzene rings is 3. The molecule has 0 fully saturated rings. The third-order valence-corrected chi connectivity index (χ3v) is 11.5. The number of quaternary nitrogens is 1. The van der Waals surface area contributed by atoms with E-state index in [1.165, 1.54) is 82.0 Å².